The van der Waals surface area contributed by atoms with E-state index in [1.165, 1.54) is 17.8 Å². The van der Waals surface area contributed by atoms with Crippen molar-refractivity contribution >= 4 is 29.0 Å². The number of ether oxygens (including phenoxy) is 1. The number of hydrogen-bond acceptors (Lipinski definition) is 4. The minimum Gasteiger partial charge on any atom is -0.378 e. The fourth-order valence-electron chi connectivity index (χ4n) is 2.55. The molecule has 0 aliphatic carbocycles. The molecule has 0 saturated carbocycles. The molecule has 4 nitrogen and oxygen atoms in total. The standard InChI is InChI=1S/C18H19FN2O2S/c19-14-5-1-4-8-17(14)24-13-18(22)20-15-6-2-3-7-16(15)21-9-11-23-12-10-21/h1-8H,9-13H2,(H,20,22). The van der Waals surface area contributed by atoms with E-state index in [4.69, 9.17) is 4.74 Å². The molecule has 2 aromatic rings. The molecule has 2 aromatic carbocycles. The van der Waals surface area contributed by atoms with Gasteiger partial charge in [-0.25, -0.2) is 4.39 Å². The normalized spacial score (nSPS) is 14.5. The summed E-state index contributed by atoms with van der Waals surface area (Å²) >= 11 is 1.20. The summed E-state index contributed by atoms with van der Waals surface area (Å²) in [7, 11) is 0. The van der Waals surface area contributed by atoms with Gasteiger partial charge in [-0.1, -0.05) is 24.3 Å². The van der Waals surface area contributed by atoms with E-state index in [1.54, 1.807) is 18.2 Å². The molecule has 1 N–H and O–H groups in total. The molecule has 0 aromatic heterocycles. The monoisotopic (exact) mass is 346 g/mol. The van der Waals surface area contributed by atoms with Crippen molar-refractivity contribution in [2.75, 3.05) is 42.3 Å². The van der Waals surface area contributed by atoms with E-state index < -0.39 is 0 Å². The van der Waals surface area contributed by atoms with Gasteiger partial charge in [-0.15, -0.1) is 11.8 Å². The fourth-order valence-corrected chi connectivity index (χ4v) is 3.29. The van der Waals surface area contributed by atoms with Gasteiger partial charge >= 0.3 is 0 Å². The van der Waals surface area contributed by atoms with Crippen LogP contribution in [0.2, 0.25) is 0 Å². The Balaban J connectivity index is 1.63. The minimum atomic E-state index is -0.302. The number of nitrogens with one attached hydrogen (secondary N) is 1. The first-order valence-corrected chi connectivity index (χ1v) is 8.81. The highest BCUT2D eigenvalue weighted by Gasteiger charge is 2.16. The van der Waals surface area contributed by atoms with Crippen molar-refractivity contribution in [3.8, 4) is 0 Å². The van der Waals surface area contributed by atoms with Gasteiger partial charge in [0.2, 0.25) is 5.91 Å². The number of halogens is 1. The van der Waals surface area contributed by atoms with Gasteiger partial charge < -0.3 is 15.0 Å². The smallest absolute Gasteiger partial charge is 0.234 e. The zero-order chi connectivity index (χ0) is 16.8. The van der Waals surface area contributed by atoms with Crippen LogP contribution in [0.15, 0.2) is 53.4 Å². The zero-order valence-electron chi connectivity index (χ0n) is 13.2. The Morgan fingerprint density at radius 1 is 1.12 bits per heavy atom. The van der Waals surface area contributed by atoms with Crippen molar-refractivity contribution in [3.05, 3.63) is 54.3 Å². The van der Waals surface area contributed by atoms with E-state index in [9.17, 15) is 9.18 Å². The molecule has 1 amide bonds. The quantitative estimate of drug-likeness (QED) is 0.843. The molecule has 126 valence electrons. The van der Waals surface area contributed by atoms with Crippen molar-refractivity contribution in [1.29, 1.82) is 0 Å². The molecular formula is C18H19FN2O2S. The molecule has 0 unspecified atom stereocenters. The number of hydrogen-bond donors (Lipinski definition) is 1. The highest BCUT2D eigenvalue weighted by atomic mass is 32.2. The van der Waals surface area contributed by atoms with Crippen LogP contribution in [0.3, 0.4) is 0 Å². The predicted molar refractivity (Wildman–Crippen MR) is 95.2 cm³/mol. The highest BCUT2D eigenvalue weighted by Crippen LogP contribution is 2.27. The summed E-state index contributed by atoms with van der Waals surface area (Å²) in [6.45, 7) is 2.98. The Morgan fingerprint density at radius 3 is 2.62 bits per heavy atom. The molecule has 0 spiro atoms. The van der Waals surface area contributed by atoms with Gasteiger partial charge in [0.25, 0.3) is 0 Å². The average molecular weight is 346 g/mol. The van der Waals surface area contributed by atoms with Crippen LogP contribution in [0, 0.1) is 5.82 Å². The van der Waals surface area contributed by atoms with Gasteiger partial charge in [0.05, 0.1) is 30.3 Å². The van der Waals surface area contributed by atoms with Gasteiger partial charge in [-0.2, -0.15) is 0 Å². The summed E-state index contributed by atoms with van der Waals surface area (Å²) in [5, 5.41) is 2.93. The lowest BCUT2D eigenvalue weighted by Gasteiger charge is -2.30. The maximum absolute atomic E-state index is 13.6. The van der Waals surface area contributed by atoms with E-state index in [0.717, 1.165) is 24.5 Å². The summed E-state index contributed by atoms with van der Waals surface area (Å²) in [6.07, 6.45) is 0. The number of amides is 1. The van der Waals surface area contributed by atoms with Crippen molar-refractivity contribution in [3.63, 3.8) is 0 Å². The van der Waals surface area contributed by atoms with Crippen LogP contribution in [0.1, 0.15) is 0 Å². The number of benzene rings is 2. The fraction of sp³-hybridized carbons (Fsp3) is 0.278. The minimum absolute atomic E-state index is 0.149. The second-order valence-electron chi connectivity index (χ2n) is 5.38. The number of nitrogens with zero attached hydrogens (tertiary/aromatic N) is 1. The first-order valence-electron chi connectivity index (χ1n) is 7.83. The van der Waals surface area contributed by atoms with E-state index in [2.05, 4.69) is 10.2 Å². The van der Waals surface area contributed by atoms with Crippen molar-refractivity contribution < 1.29 is 13.9 Å². The number of morpholine rings is 1. The molecule has 24 heavy (non-hydrogen) atoms. The molecular weight excluding hydrogens is 327 g/mol. The Kier molecular flexibility index (Phi) is 5.72. The third-order valence-electron chi connectivity index (χ3n) is 3.73. The molecule has 1 fully saturated rings. The number of rotatable bonds is 5. The number of anilines is 2. The van der Waals surface area contributed by atoms with E-state index in [0.29, 0.717) is 18.1 Å². The molecule has 0 atom stereocenters. The topological polar surface area (TPSA) is 41.6 Å². The average Bonchev–Trinajstić information content (AvgIpc) is 2.62. The molecule has 1 aliphatic heterocycles. The van der Waals surface area contributed by atoms with Crippen LogP contribution in [-0.4, -0.2) is 38.0 Å². The molecule has 1 saturated heterocycles. The molecule has 0 bridgehead atoms. The summed E-state index contributed by atoms with van der Waals surface area (Å²) in [4.78, 5) is 14.9. The van der Waals surface area contributed by atoms with Crippen LogP contribution in [0.5, 0.6) is 0 Å². The lowest BCUT2D eigenvalue weighted by Crippen LogP contribution is -2.36. The van der Waals surface area contributed by atoms with E-state index in [1.807, 2.05) is 24.3 Å². The largest absolute Gasteiger partial charge is 0.378 e. The van der Waals surface area contributed by atoms with Gasteiger partial charge in [-0.3, -0.25) is 4.79 Å². The van der Waals surface area contributed by atoms with Crippen LogP contribution in [0.25, 0.3) is 0 Å². The Morgan fingerprint density at radius 2 is 1.83 bits per heavy atom. The number of para-hydroxylation sites is 2. The second kappa shape index (κ2) is 8.17. The van der Waals surface area contributed by atoms with Crippen molar-refractivity contribution in [1.82, 2.24) is 0 Å². The van der Waals surface area contributed by atoms with Crippen LogP contribution in [0.4, 0.5) is 15.8 Å². The molecule has 1 heterocycles. The Labute approximate surface area is 145 Å². The van der Waals surface area contributed by atoms with Crippen molar-refractivity contribution in [2.24, 2.45) is 0 Å². The second-order valence-corrected chi connectivity index (χ2v) is 6.40. The first-order chi connectivity index (χ1) is 11.7. The molecule has 0 radical (unpaired) electrons. The maximum atomic E-state index is 13.6. The first kappa shape index (κ1) is 16.8. The van der Waals surface area contributed by atoms with Crippen LogP contribution < -0.4 is 10.2 Å². The maximum Gasteiger partial charge on any atom is 0.234 e. The van der Waals surface area contributed by atoms with Gasteiger partial charge in [-0.05, 0) is 24.3 Å². The lowest BCUT2D eigenvalue weighted by molar-refractivity contribution is -0.113. The van der Waals surface area contributed by atoms with E-state index in [-0.39, 0.29) is 17.5 Å². The summed E-state index contributed by atoms with van der Waals surface area (Å²) in [5.74, 6) is -0.286. The third-order valence-corrected chi connectivity index (χ3v) is 4.77. The van der Waals surface area contributed by atoms with Gasteiger partial charge in [0, 0.05) is 18.0 Å². The summed E-state index contributed by atoms with van der Waals surface area (Å²) in [6, 6.07) is 14.2. The zero-order valence-corrected chi connectivity index (χ0v) is 14.0. The van der Waals surface area contributed by atoms with Gasteiger partial charge in [0.15, 0.2) is 0 Å². The van der Waals surface area contributed by atoms with Gasteiger partial charge in [0.1, 0.15) is 5.82 Å². The van der Waals surface area contributed by atoms with Crippen molar-refractivity contribution in [2.45, 2.75) is 4.90 Å². The third kappa shape index (κ3) is 4.27. The van der Waals surface area contributed by atoms with Crippen LogP contribution >= 0.6 is 11.8 Å². The SMILES string of the molecule is O=C(CSc1ccccc1F)Nc1ccccc1N1CCOCC1. The Hall–Kier alpha value is -2.05. The number of thioether (sulfide) groups is 1. The number of carbonyl (C=O) groups is 1. The summed E-state index contributed by atoms with van der Waals surface area (Å²) in [5.41, 5.74) is 1.77. The molecule has 3 rings (SSSR count). The lowest BCUT2D eigenvalue weighted by atomic mass is 10.2. The molecule has 6 heteroatoms. The summed E-state index contributed by atoms with van der Waals surface area (Å²) < 4.78 is 19.0. The predicted octanol–water partition coefficient (Wildman–Crippen LogP) is 3.39. The number of carbonyl (C=O) groups excluding carboxylic acids is 1. The molecule has 1 aliphatic rings. The van der Waals surface area contributed by atoms with Crippen LogP contribution in [-0.2, 0) is 9.53 Å². The Bertz CT molecular complexity index is 705. The van der Waals surface area contributed by atoms with E-state index >= 15 is 0 Å². The highest BCUT2D eigenvalue weighted by molar-refractivity contribution is 8.00.